The van der Waals surface area contributed by atoms with Crippen LogP contribution in [0, 0.1) is 13.8 Å². The second kappa shape index (κ2) is 8.83. The van der Waals surface area contributed by atoms with Gasteiger partial charge in [-0.2, -0.15) is 5.10 Å². The van der Waals surface area contributed by atoms with E-state index in [0.717, 1.165) is 33.9 Å². The topological polar surface area (TPSA) is 55.0 Å². The first-order valence-electron chi connectivity index (χ1n) is 8.50. The average molecular weight is 336 g/mol. The Balaban J connectivity index is 0.00000109. The van der Waals surface area contributed by atoms with Crippen molar-refractivity contribution in [1.82, 2.24) is 10.2 Å². The number of H-pyrrole nitrogens is 1. The number of nitrogens with zero attached hydrogens (tertiary/aromatic N) is 1. The molecule has 0 spiro atoms. The lowest BCUT2D eigenvalue weighted by Gasteiger charge is -2.15. The van der Waals surface area contributed by atoms with Crippen molar-refractivity contribution in [2.75, 3.05) is 0 Å². The highest BCUT2D eigenvalue weighted by Gasteiger charge is 2.11. The number of aromatic amines is 1. The predicted molar refractivity (Wildman–Crippen MR) is 101 cm³/mol. The Morgan fingerprint density at radius 2 is 1.68 bits per heavy atom. The number of rotatable bonds is 4. The summed E-state index contributed by atoms with van der Waals surface area (Å²) < 4.78 is 6.06. The molecular weight excluding hydrogens is 312 g/mol. The Morgan fingerprint density at radius 3 is 2.32 bits per heavy atom. The van der Waals surface area contributed by atoms with Gasteiger partial charge in [0.2, 0.25) is 0 Å². The Kier molecular flexibility index (Phi) is 6.52. The SMILES string of the molecule is CC.Cc1ccc(Cc2ccc(=O)[nH]n2)c(C)c1Oc1ccccc1. The van der Waals surface area contributed by atoms with Crippen LogP contribution in [0.15, 0.2) is 59.4 Å². The Labute approximate surface area is 148 Å². The Morgan fingerprint density at radius 1 is 0.960 bits per heavy atom. The van der Waals surface area contributed by atoms with Crippen molar-refractivity contribution in [3.63, 3.8) is 0 Å². The Hall–Kier alpha value is -2.88. The fourth-order valence-corrected chi connectivity index (χ4v) is 2.49. The summed E-state index contributed by atoms with van der Waals surface area (Å²) >= 11 is 0. The molecule has 4 heteroatoms. The van der Waals surface area contributed by atoms with E-state index in [9.17, 15) is 4.79 Å². The lowest BCUT2D eigenvalue weighted by atomic mass is 10.00. The first-order valence-corrected chi connectivity index (χ1v) is 8.50. The van der Waals surface area contributed by atoms with Gasteiger partial charge in [-0.15, -0.1) is 0 Å². The van der Waals surface area contributed by atoms with Crippen LogP contribution in [0.4, 0.5) is 0 Å². The van der Waals surface area contributed by atoms with Crippen LogP contribution in [0.1, 0.15) is 36.2 Å². The summed E-state index contributed by atoms with van der Waals surface area (Å²) in [5, 5.41) is 6.54. The molecule has 0 atom stereocenters. The summed E-state index contributed by atoms with van der Waals surface area (Å²) in [5.74, 6) is 1.69. The van der Waals surface area contributed by atoms with Crippen LogP contribution in [-0.4, -0.2) is 10.2 Å². The van der Waals surface area contributed by atoms with Crippen LogP contribution in [0.25, 0.3) is 0 Å². The number of nitrogens with one attached hydrogen (secondary N) is 1. The molecule has 0 aliphatic rings. The van der Waals surface area contributed by atoms with Gasteiger partial charge >= 0.3 is 0 Å². The van der Waals surface area contributed by atoms with Crippen molar-refractivity contribution in [1.29, 1.82) is 0 Å². The first-order chi connectivity index (χ1) is 12.1. The smallest absolute Gasteiger partial charge is 0.264 e. The molecule has 2 aromatic carbocycles. The highest BCUT2D eigenvalue weighted by molar-refractivity contribution is 5.48. The summed E-state index contributed by atoms with van der Waals surface area (Å²) in [5.41, 5.74) is 3.93. The molecule has 0 saturated carbocycles. The standard InChI is InChI=1S/C19H18N2O2.C2H6/c1-13-8-9-15(12-16-10-11-18(22)21-20-16)14(2)19(13)23-17-6-4-3-5-7-17;1-2/h3-11H,12H2,1-2H3,(H,21,22);1-2H3. The molecule has 0 aliphatic carbocycles. The summed E-state index contributed by atoms with van der Waals surface area (Å²) in [4.78, 5) is 11.1. The van der Waals surface area contributed by atoms with Gasteiger partial charge in [-0.1, -0.05) is 44.2 Å². The maximum atomic E-state index is 11.1. The maximum Gasteiger partial charge on any atom is 0.264 e. The summed E-state index contributed by atoms with van der Waals surface area (Å²) in [6, 6.07) is 17.1. The minimum atomic E-state index is -0.192. The van der Waals surface area contributed by atoms with Crippen LogP contribution in [-0.2, 0) is 6.42 Å². The molecule has 130 valence electrons. The molecule has 1 aromatic heterocycles. The van der Waals surface area contributed by atoms with E-state index in [1.165, 1.54) is 6.07 Å². The van der Waals surface area contributed by atoms with E-state index in [1.54, 1.807) is 6.07 Å². The molecule has 0 aliphatic heterocycles. The van der Waals surface area contributed by atoms with E-state index in [1.807, 2.05) is 64.1 Å². The lowest BCUT2D eigenvalue weighted by molar-refractivity contribution is 0.474. The molecule has 0 bridgehead atoms. The second-order valence-electron chi connectivity index (χ2n) is 5.50. The van der Waals surface area contributed by atoms with Gasteiger partial charge in [0.1, 0.15) is 11.5 Å². The first kappa shape index (κ1) is 18.5. The number of benzene rings is 2. The van der Waals surface area contributed by atoms with Gasteiger partial charge < -0.3 is 4.74 Å². The van der Waals surface area contributed by atoms with Crippen LogP contribution in [0.5, 0.6) is 11.5 Å². The van der Waals surface area contributed by atoms with E-state index < -0.39 is 0 Å². The fraction of sp³-hybridized carbons (Fsp3) is 0.238. The summed E-state index contributed by atoms with van der Waals surface area (Å²) in [7, 11) is 0. The highest BCUT2D eigenvalue weighted by atomic mass is 16.5. The number of aryl methyl sites for hydroxylation is 1. The fourth-order valence-electron chi connectivity index (χ4n) is 2.49. The molecule has 0 saturated heterocycles. The molecule has 1 heterocycles. The van der Waals surface area contributed by atoms with Crippen molar-refractivity contribution in [2.45, 2.75) is 34.1 Å². The van der Waals surface area contributed by atoms with E-state index in [4.69, 9.17) is 4.74 Å². The van der Waals surface area contributed by atoms with Gasteiger partial charge in [-0.25, -0.2) is 5.10 Å². The molecule has 0 fully saturated rings. The van der Waals surface area contributed by atoms with E-state index in [-0.39, 0.29) is 5.56 Å². The largest absolute Gasteiger partial charge is 0.457 e. The van der Waals surface area contributed by atoms with E-state index >= 15 is 0 Å². The molecule has 0 radical (unpaired) electrons. The molecule has 25 heavy (non-hydrogen) atoms. The minimum Gasteiger partial charge on any atom is -0.457 e. The molecular formula is C21H24N2O2. The van der Waals surface area contributed by atoms with Crippen molar-refractivity contribution in [2.24, 2.45) is 0 Å². The van der Waals surface area contributed by atoms with Crippen molar-refractivity contribution >= 4 is 0 Å². The number of aromatic nitrogens is 2. The summed E-state index contributed by atoms with van der Waals surface area (Å²) in [6.07, 6.45) is 0.647. The lowest BCUT2D eigenvalue weighted by Crippen LogP contribution is -2.08. The number of hydrogen-bond donors (Lipinski definition) is 1. The van der Waals surface area contributed by atoms with Crippen LogP contribution >= 0.6 is 0 Å². The van der Waals surface area contributed by atoms with Gasteiger partial charge in [-0.05, 0) is 48.7 Å². The monoisotopic (exact) mass is 336 g/mol. The Bertz CT molecular complexity index is 850. The molecule has 1 N–H and O–H groups in total. The van der Waals surface area contributed by atoms with Crippen LogP contribution in [0.2, 0.25) is 0 Å². The van der Waals surface area contributed by atoms with Gasteiger partial charge in [-0.3, -0.25) is 4.79 Å². The van der Waals surface area contributed by atoms with E-state index in [2.05, 4.69) is 16.3 Å². The normalized spacial score (nSPS) is 9.92. The zero-order valence-corrected chi connectivity index (χ0v) is 15.2. The van der Waals surface area contributed by atoms with Crippen LogP contribution in [0.3, 0.4) is 0 Å². The zero-order valence-electron chi connectivity index (χ0n) is 15.2. The summed E-state index contributed by atoms with van der Waals surface area (Å²) in [6.45, 7) is 8.08. The van der Waals surface area contributed by atoms with Crippen molar-refractivity contribution < 1.29 is 4.74 Å². The second-order valence-corrected chi connectivity index (χ2v) is 5.50. The third-order valence-corrected chi connectivity index (χ3v) is 3.79. The number of hydrogen-bond acceptors (Lipinski definition) is 3. The third-order valence-electron chi connectivity index (χ3n) is 3.79. The third kappa shape index (κ3) is 4.80. The molecule has 0 unspecified atom stereocenters. The highest BCUT2D eigenvalue weighted by Crippen LogP contribution is 2.31. The number of ether oxygens (including phenoxy) is 1. The van der Waals surface area contributed by atoms with E-state index in [0.29, 0.717) is 6.42 Å². The molecule has 0 amide bonds. The van der Waals surface area contributed by atoms with Crippen molar-refractivity contribution in [3.05, 3.63) is 87.3 Å². The average Bonchev–Trinajstić information content (AvgIpc) is 2.65. The molecule has 3 rings (SSSR count). The molecule has 4 nitrogen and oxygen atoms in total. The van der Waals surface area contributed by atoms with Gasteiger partial charge in [0.15, 0.2) is 0 Å². The van der Waals surface area contributed by atoms with Gasteiger partial charge in [0.25, 0.3) is 5.56 Å². The quantitative estimate of drug-likeness (QED) is 0.745. The minimum absolute atomic E-state index is 0.192. The van der Waals surface area contributed by atoms with Crippen LogP contribution < -0.4 is 10.3 Å². The zero-order chi connectivity index (χ0) is 18.2. The van der Waals surface area contributed by atoms with Crippen molar-refractivity contribution in [3.8, 4) is 11.5 Å². The maximum absolute atomic E-state index is 11.1. The van der Waals surface area contributed by atoms with Gasteiger partial charge in [0.05, 0.1) is 5.69 Å². The molecule has 3 aromatic rings. The van der Waals surface area contributed by atoms with Gasteiger partial charge in [0, 0.05) is 12.5 Å². The predicted octanol–water partition coefficient (Wildman–Crippen LogP) is 4.80. The number of para-hydroxylation sites is 1.